The van der Waals surface area contributed by atoms with Crippen molar-refractivity contribution in [1.29, 1.82) is 0 Å². The topological polar surface area (TPSA) is 80.6 Å². The van der Waals surface area contributed by atoms with Gasteiger partial charge in [-0.1, -0.05) is 12.1 Å². The second kappa shape index (κ2) is 9.05. The number of carbonyl (C=O) groups is 1. The maximum atomic E-state index is 14.4. The molecule has 174 valence electrons. The largest absolute Gasteiger partial charge is 0.379 e. The van der Waals surface area contributed by atoms with Gasteiger partial charge in [0.1, 0.15) is 16.5 Å². The number of aromatic nitrogens is 1. The Morgan fingerprint density at radius 3 is 2.39 bits per heavy atom. The van der Waals surface area contributed by atoms with Gasteiger partial charge in [0.05, 0.1) is 24.5 Å². The van der Waals surface area contributed by atoms with Gasteiger partial charge < -0.3 is 14.6 Å². The number of para-hydroxylation sites is 1. The van der Waals surface area contributed by atoms with Gasteiger partial charge in [0.25, 0.3) is 5.91 Å². The molecule has 0 saturated carbocycles. The molecule has 0 unspecified atom stereocenters. The Morgan fingerprint density at radius 2 is 1.70 bits per heavy atom. The number of anilines is 1. The van der Waals surface area contributed by atoms with Gasteiger partial charge in [-0.05, 0) is 50.2 Å². The Balaban J connectivity index is 1.63. The number of rotatable bonds is 5. The number of carbonyl (C=O) groups excluding carboxylic acids is 1. The van der Waals surface area contributed by atoms with E-state index in [1.807, 2.05) is 0 Å². The maximum Gasteiger partial charge on any atom is 0.257 e. The van der Waals surface area contributed by atoms with Crippen LogP contribution in [-0.2, 0) is 14.8 Å². The Bertz CT molecular complexity index is 1320. The molecule has 0 atom stereocenters. The molecule has 0 aliphatic carbocycles. The third-order valence-electron chi connectivity index (χ3n) is 5.55. The zero-order valence-corrected chi connectivity index (χ0v) is 19.0. The van der Waals surface area contributed by atoms with Gasteiger partial charge in [0.2, 0.25) is 10.0 Å². The predicted octanol–water partition coefficient (Wildman–Crippen LogP) is 3.65. The number of halogens is 2. The van der Waals surface area contributed by atoms with Crippen LogP contribution in [-0.4, -0.2) is 49.5 Å². The molecule has 0 spiro atoms. The zero-order valence-electron chi connectivity index (χ0n) is 18.1. The number of amides is 1. The fourth-order valence-corrected chi connectivity index (χ4v) is 5.40. The van der Waals surface area contributed by atoms with Crippen molar-refractivity contribution in [3.8, 4) is 5.69 Å². The molecule has 7 nitrogen and oxygen atoms in total. The number of nitrogens with zero attached hydrogens (tertiary/aromatic N) is 2. The quantitative estimate of drug-likeness (QED) is 0.611. The fourth-order valence-electron chi connectivity index (χ4n) is 3.90. The highest BCUT2D eigenvalue weighted by atomic mass is 32.2. The number of benzene rings is 2. The molecule has 3 aromatic rings. The van der Waals surface area contributed by atoms with E-state index in [-0.39, 0.29) is 37.6 Å². The highest BCUT2D eigenvalue weighted by Gasteiger charge is 2.29. The van der Waals surface area contributed by atoms with Crippen LogP contribution in [0.4, 0.5) is 14.5 Å². The lowest BCUT2D eigenvalue weighted by molar-refractivity contribution is 0.0729. The summed E-state index contributed by atoms with van der Waals surface area (Å²) >= 11 is 0. The van der Waals surface area contributed by atoms with Crippen LogP contribution in [0.2, 0.25) is 0 Å². The Hall–Kier alpha value is -3.08. The number of sulfonamides is 1. The van der Waals surface area contributed by atoms with Crippen molar-refractivity contribution in [2.24, 2.45) is 0 Å². The smallest absolute Gasteiger partial charge is 0.257 e. The Kier molecular flexibility index (Phi) is 6.33. The van der Waals surface area contributed by atoms with Gasteiger partial charge in [-0.15, -0.1) is 0 Å². The molecule has 10 heteroatoms. The van der Waals surface area contributed by atoms with Crippen LogP contribution >= 0.6 is 0 Å². The molecule has 1 aliphatic heterocycles. The summed E-state index contributed by atoms with van der Waals surface area (Å²) in [6.07, 6.45) is 0. The van der Waals surface area contributed by atoms with E-state index in [0.29, 0.717) is 17.1 Å². The summed E-state index contributed by atoms with van der Waals surface area (Å²) in [5.41, 5.74) is 1.89. The second-order valence-corrected chi connectivity index (χ2v) is 9.59. The number of nitrogens with one attached hydrogen (secondary N) is 1. The molecule has 0 radical (unpaired) electrons. The van der Waals surface area contributed by atoms with Crippen LogP contribution in [0.25, 0.3) is 5.69 Å². The van der Waals surface area contributed by atoms with Crippen molar-refractivity contribution in [2.45, 2.75) is 18.7 Å². The van der Waals surface area contributed by atoms with Crippen LogP contribution in [0.5, 0.6) is 0 Å². The van der Waals surface area contributed by atoms with Gasteiger partial charge in [-0.2, -0.15) is 4.31 Å². The monoisotopic (exact) mass is 475 g/mol. The van der Waals surface area contributed by atoms with Gasteiger partial charge in [-0.3, -0.25) is 4.79 Å². The third-order valence-corrected chi connectivity index (χ3v) is 7.46. The van der Waals surface area contributed by atoms with E-state index in [9.17, 15) is 22.0 Å². The molecule has 0 bridgehead atoms. The summed E-state index contributed by atoms with van der Waals surface area (Å²) in [6, 6.07) is 11.2. The summed E-state index contributed by atoms with van der Waals surface area (Å²) in [6.45, 7) is 4.15. The minimum atomic E-state index is -4.09. The van der Waals surface area contributed by atoms with E-state index in [0.717, 1.165) is 16.4 Å². The number of aryl methyl sites for hydroxylation is 1. The first-order chi connectivity index (χ1) is 15.7. The predicted molar refractivity (Wildman–Crippen MR) is 119 cm³/mol. The lowest BCUT2D eigenvalue weighted by Crippen LogP contribution is -2.40. The number of hydrogen-bond donors (Lipinski definition) is 1. The molecule has 1 N–H and O–H groups in total. The van der Waals surface area contributed by atoms with E-state index in [1.165, 1.54) is 12.1 Å². The minimum Gasteiger partial charge on any atom is -0.379 e. The van der Waals surface area contributed by atoms with Crippen LogP contribution in [0, 0.1) is 25.5 Å². The molecule has 1 saturated heterocycles. The maximum absolute atomic E-state index is 14.4. The molecule has 2 heterocycles. The zero-order chi connectivity index (χ0) is 23.8. The van der Waals surface area contributed by atoms with Crippen molar-refractivity contribution >= 4 is 21.6 Å². The SMILES string of the molecule is Cc1cc(C(=O)Nc2ccc(F)c(S(=O)(=O)N3CCOCC3)c2)c(C)n1-c1ccccc1F. The lowest BCUT2D eigenvalue weighted by atomic mass is 10.2. The van der Waals surface area contributed by atoms with Crippen LogP contribution < -0.4 is 5.32 Å². The molecule has 33 heavy (non-hydrogen) atoms. The summed E-state index contributed by atoms with van der Waals surface area (Å²) in [7, 11) is -4.09. The van der Waals surface area contributed by atoms with Crippen LogP contribution in [0.15, 0.2) is 53.4 Å². The van der Waals surface area contributed by atoms with Crippen LogP contribution in [0.1, 0.15) is 21.7 Å². The summed E-state index contributed by atoms with van der Waals surface area (Å²) < 4.78 is 62.5. The average molecular weight is 476 g/mol. The van der Waals surface area contributed by atoms with Crippen molar-refractivity contribution < 1.29 is 26.7 Å². The molecule has 1 amide bonds. The molecule has 1 aliphatic rings. The highest BCUT2D eigenvalue weighted by molar-refractivity contribution is 7.89. The van der Waals surface area contributed by atoms with E-state index in [1.54, 1.807) is 42.7 Å². The average Bonchev–Trinajstić information content (AvgIpc) is 3.10. The molecule has 1 fully saturated rings. The Morgan fingerprint density at radius 1 is 1.00 bits per heavy atom. The summed E-state index contributed by atoms with van der Waals surface area (Å²) in [5, 5.41) is 2.63. The fraction of sp³-hybridized carbons (Fsp3) is 0.261. The van der Waals surface area contributed by atoms with Crippen molar-refractivity contribution in [1.82, 2.24) is 8.87 Å². The lowest BCUT2D eigenvalue weighted by Gasteiger charge is -2.26. The number of ether oxygens (including phenoxy) is 1. The van der Waals surface area contributed by atoms with Gasteiger partial charge in [-0.25, -0.2) is 17.2 Å². The highest BCUT2D eigenvalue weighted by Crippen LogP contribution is 2.26. The standard InChI is InChI=1S/C23H23F2N3O4S/c1-15-13-18(16(2)28(15)21-6-4-3-5-19(21)24)23(29)26-17-7-8-20(25)22(14-17)33(30,31)27-9-11-32-12-10-27/h3-8,13-14H,9-12H2,1-2H3,(H,26,29). The number of morpholine rings is 1. The van der Waals surface area contributed by atoms with Crippen LogP contribution in [0.3, 0.4) is 0 Å². The molecular formula is C23H23F2N3O4S. The second-order valence-electron chi connectivity index (χ2n) is 7.69. The number of hydrogen-bond acceptors (Lipinski definition) is 4. The first-order valence-corrected chi connectivity index (χ1v) is 11.8. The summed E-state index contributed by atoms with van der Waals surface area (Å²) in [4.78, 5) is 12.5. The third kappa shape index (κ3) is 4.41. The normalized spacial score (nSPS) is 14.9. The Labute approximate surface area is 190 Å². The molecular weight excluding hydrogens is 452 g/mol. The van der Waals surface area contributed by atoms with Gasteiger partial charge in [0.15, 0.2) is 0 Å². The van der Waals surface area contributed by atoms with E-state index >= 15 is 0 Å². The molecule has 2 aromatic carbocycles. The van der Waals surface area contributed by atoms with E-state index in [4.69, 9.17) is 4.74 Å². The van der Waals surface area contributed by atoms with Crippen molar-refractivity contribution in [3.63, 3.8) is 0 Å². The molecule has 1 aromatic heterocycles. The van der Waals surface area contributed by atoms with E-state index < -0.39 is 32.5 Å². The molecule has 4 rings (SSSR count). The first-order valence-electron chi connectivity index (χ1n) is 10.3. The summed E-state index contributed by atoms with van der Waals surface area (Å²) in [5.74, 6) is -1.85. The van der Waals surface area contributed by atoms with Gasteiger partial charge in [0, 0.05) is 30.2 Å². The van der Waals surface area contributed by atoms with Crippen molar-refractivity contribution in [2.75, 3.05) is 31.6 Å². The van der Waals surface area contributed by atoms with E-state index in [2.05, 4.69) is 5.32 Å². The van der Waals surface area contributed by atoms with Crippen molar-refractivity contribution in [3.05, 3.63) is 77.1 Å². The van der Waals surface area contributed by atoms with Gasteiger partial charge >= 0.3 is 0 Å². The first kappa shape index (κ1) is 23.1. The minimum absolute atomic E-state index is 0.125.